The quantitative estimate of drug-likeness (QED) is 0.499. The highest BCUT2D eigenvalue weighted by molar-refractivity contribution is 9.10. The van der Waals surface area contributed by atoms with E-state index in [4.69, 9.17) is 6.57 Å². The SMILES string of the molecule is [C-]#[N+]c1ccc(Nc2cc(NC3CC3)n3ncc(C=O)c3n2)c(Br)c1. The molecule has 25 heavy (non-hydrogen) atoms. The summed E-state index contributed by atoms with van der Waals surface area (Å²) in [4.78, 5) is 19.2. The number of nitrogens with one attached hydrogen (secondary N) is 2. The van der Waals surface area contributed by atoms with Crippen molar-refractivity contribution in [2.75, 3.05) is 10.6 Å². The Labute approximate surface area is 152 Å². The maximum absolute atomic E-state index is 11.3. The average molecular weight is 397 g/mol. The van der Waals surface area contributed by atoms with Crippen molar-refractivity contribution in [2.45, 2.75) is 18.9 Å². The number of anilines is 3. The fourth-order valence-corrected chi connectivity index (χ4v) is 2.95. The molecule has 0 aliphatic heterocycles. The van der Waals surface area contributed by atoms with E-state index in [9.17, 15) is 4.79 Å². The van der Waals surface area contributed by atoms with E-state index in [1.165, 1.54) is 6.20 Å². The van der Waals surface area contributed by atoms with E-state index in [1.54, 1.807) is 16.6 Å². The number of carbonyl (C=O) groups is 1. The van der Waals surface area contributed by atoms with E-state index >= 15 is 0 Å². The molecule has 0 amide bonds. The molecule has 0 saturated heterocycles. The Bertz CT molecular complexity index is 1020. The van der Waals surface area contributed by atoms with Crippen LogP contribution in [0.15, 0.2) is 34.9 Å². The molecule has 1 aliphatic carbocycles. The van der Waals surface area contributed by atoms with E-state index in [0.717, 1.165) is 35.1 Å². The largest absolute Gasteiger partial charge is 0.367 e. The van der Waals surface area contributed by atoms with Gasteiger partial charge in [0.05, 0.1) is 24.0 Å². The van der Waals surface area contributed by atoms with Gasteiger partial charge < -0.3 is 10.6 Å². The zero-order chi connectivity index (χ0) is 17.4. The highest BCUT2D eigenvalue weighted by Gasteiger charge is 2.23. The third-order valence-corrected chi connectivity index (χ3v) is 4.56. The number of carbonyl (C=O) groups excluding carboxylic acids is 1. The highest BCUT2D eigenvalue weighted by Crippen LogP contribution is 2.31. The molecule has 124 valence electrons. The molecule has 1 saturated carbocycles. The molecule has 0 unspecified atom stereocenters. The van der Waals surface area contributed by atoms with Crippen molar-refractivity contribution in [3.8, 4) is 0 Å². The molecule has 0 atom stereocenters. The zero-order valence-corrected chi connectivity index (χ0v) is 14.6. The first-order valence-corrected chi connectivity index (χ1v) is 8.52. The Morgan fingerprint density at radius 2 is 2.20 bits per heavy atom. The van der Waals surface area contributed by atoms with Gasteiger partial charge in [-0.1, -0.05) is 6.07 Å². The first-order chi connectivity index (χ1) is 12.2. The van der Waals surface area contributed by atoms with Gasteiger partial charge in [-0.3, -0.25) is 4.79 Å². The second kappa shape index (κ2) is 6.18. The predicted molar refractivity (Wildman–Crippen MR) is 98.7 cm³/mol. The molecule has 2 aromatic heterocycles. The van der Waals surface area contributed by atoms with Crippen LogP contribution in [0.1, 0.15) is 23.2 Å². The summed E-state index contributed by atoms with van der Waals surface area (Å²) < 4.78 is 2.41. The normalized spacial score (nSPS) is 13.4. The van der Waals surface area contributed by atoms with Gasteiger partial charge >= 0.3 is 0 Å². The van der Waals surface area contributed by atoms with Gasteiger partial charge in [0.2, 0.25) is 0 Å². The maximum atomic E-state index is 11.3. The molecular formula is C17H13BrN6O. The molecule has 0 spiro atoms. The molecule has 2 heterocycles. The van der Waals surface area contributed by atoms with Crippen molar-refractivity contribution in [3.05, 3.63) is 51.9 Å². The fraction of sp³-hybridized carbons (Fsp3) is 0.176. The van der Waals surface area contributed by atoms with Gasteiger partial charge in [0.15, 0.2) is 17.6 Å². The number of benzene rings is 1. The first-order valence-electron chi connectivity index (χ1n) is 7.72. The minimum Gasteiger partial charge on any atom is -0.367 e. The summed E-state index contributed by atoms with van der Waals surface area (Å²) in [6.07, 6.45) is 4.51. The van der Waals surface area contributed by atoms with Crippen LogP contribution >= 0.6 is 15.9 Å². The number of halogens is 1. The van der Waals surface area contributed by atoms with Gasteiger partial charge in [0, 0.05) is 16.6 Å². The monoisotopic (exact) mass is 396 g/mol. The molecule has 4 rings (SSSR count). The smallest absolute Gasteiger partial charge is 0.188 e. The standard InChI is InChI=1S/C17H13BrN6O/c1-19-12-4-5-14(13(18)6-12)22-15-7-16(21-11-2-3-11)24-17(23-15)10(9-25)8-20-24/h4-9,11,21H,2-3H2,(H,22,23). The van der Waals surface area contributed by atoms with Crippen LogP contribution in [-0.4, -0.2) is 26.9 Å². The van der Waals surface area contributed by atoms with Crippen LogP contribution in [0.4, 0.5) is 23.0 Å². The molecule has 0 bridgehead atoms. The Kier molecular flexibility index (Phi) is 3.86. The van der Waals surface area contributed by atoms with Crippen LogP contribution in [0, 0.1) is 6.57 Å². The Balaban J connectivity index is 1.76. The summed E-state index contributed by atoms with van der Waals surface area (Å²) in [5.74, 6) is 1.38. The lowest BCUT2D eigenvalue weighted by molar-refractivity contribution is 0.112. The van der Waals surface area contributed by atoms with Gasteiger partial charge in [-0.2, -0.15) is 9.61 Å². The van der Waals surface area contributed by atoms with E-state index in [-0.39, 0.29) is 0 Å². The number of hydrogen-bond donors (Lipinski definition) is 2. The maximum Gasteiger partial charge on any atom is 0.188 e. The van der Waals surface area contributed by atoms with E-state index in [2.05, 4.69) is 41.5 Å². The van der Waals surface area contributed by atoms with Crippen LogP contribution in [0.3, 0.4) is 0 Å². The average Bonchev–Trinajstić information content (AvgIpc) is 3.33. The number of aromatic nitrogens is 3. The van der Waals surface area contributed by atoms with E-state index in [0.29, 0.717) is 28.8 Å². The summed E-state index contributed by atoms with van der Waals surface area (Å²) in [6, 6.07) is 7.59. The summed E-state index contributed by atoms with van der Waals surface area (Å²) in [5.41, 5.74) is 2.27. The first kappa shape index (κ1) is 15.6. The van der Waals surface area contributed by atoms with Gasteiger partial charge in [-0.05, 0) is 40.9 Å². The van der Waals surface area contributed by atoms with Crippen molar-refractivity contribution in [1.29, 1.82) is 0 Å². The molecule has 7 nitrogen and oxygen atoms in total. The number of fused-ring (bicyclic) bond motifs is 1. The second-order valence-corrected chi connectivity index (χ2v) is 6.65. The fourth-order valence-electron chi connectivity index (χ4n) is 2.48. The van der Waals surface area contributed by atoms with Gasteiger partial charge in [0.25, 0.3) is 0 Å². The molecule has 1 aromatic carbocycles. The van der Waals surface area contributed by atoms with Crippen molar-refractivity contribution in [1.82, 2.24) is 14.6 Å². The third-order valence-electron chi connectivity index (χ3n) is 3.90. The van der Waals surface area contributed by atoms with Crippen LogP contribution in [0.25, 0.3) is 10.5 Å². The Morgan fingerprint density at radius 1 is 1.36 bits per heavy atom. The van der Waals surface area contributed by atoms with Crippen molar-refractivity contribution >= 4 is 50.9 Å². The Hall–Kier alpha value is -2.92. The molecule has 1 fully saturated rings. The minimum absolute atomic E-state index is 0.435. The molecule has 1 aliphatic rings. The summed E-state index contributed by atoms with van der Waals surface area (Å²) in [7, 11) is 0. The number of aldehydes is 1. The Morgan fingerprint density at radius 3 is 2.88 bits per heavy atom. The second-order valence-electron chi connectivity index (χ2n) is 5.80. The van der Waals surface area contributed by atoms with Gasteiger partial charge in [0.1, 0.15) is 11.6 Å². The lowest BCUT2D eigenvalue weighted by atomic mass is 10.3. The van der Waals surface area contributed by atoms with E-state index < -0.39 is 0 Å². The van der Waals surface area contributed by atoms with Gasteiger partial charge in [-0.25, -0.2) is 9.83 Å². The van der Waals surface area contributed by atoms with Gasteiger partial charge in [-0.15, -0.1) is 0 Å². The summed E-state index contributed by atoms with van der Waals surface area (Å²) in [6.45, 7) is 7.07. The van der Waals surface area contributed by atoms with Crippen LogP contribution in [0.5, 0.6) is 0 Å². The molecule has 8 heteroatoms. The predicted octanol–water partition coefficient (Wildman–Crippen LogP) is 4.17. The van der Waals surface area contributed by atoms with Crippen LogP contribution in [-0.2, 0) is 0 Å². The molecular weight excluding hydrogens is 384 g/mol. The summed E-state index contributed by atoms with van der Waals surface area (Å²) in [5, 5.41) is 10.9. The number of hydrogen-bond acceptors (Lipinski definition) is 5. The van der Waals surface area contributed by atoms with Crippen molar-refractivity contribution in [2.24, 2.45) is 0 Å². The molecule has 3 aromatic rings. The topological polar surface area (TPSA) is 75.7 Å². The number of nitrogens with zero attached hydrogens (tertiary/aromatic N) is 4. The van der Waals surface area contributed by atoms with Crippen LogP contribution in [0.2, 0.25) is 0 Å². The zero-order valence-electron chi connectivity index (χ0n) is 13.0. The lowest BCUT2D eigenvalue weighted by Gasteiger charge is -2.12. The van der Waals surface area contributed by atoms with Crippen molar-refractivity contribution < 1.29 is 4.79 Å². The molecule has 0 radical (unpaired) electrons. The summed E-state index contributed by atoms with van der Waals surface area (Å²) >= 11 is 3.46. The van der Waals surface area contributed by atoms with Crippen molar-refractivity contribution in [3.63, 3.8) is 0 Å². The highest BCUT2D eigenvalue weighted by atomic mass is 79.9. The number of rotatable bonds is 5. The third kappa shape index (κ3) is 3.06. The lowest BCUT2D eigenvalue weighted by Crippen LogP contribution is -2.09. The van der Waals surface area contributed by atoms with E-state index in [1.807, 2.05) is 12.1 Å². The molecule has 2 N–H and O–H groups in total. The minimum atomic E-state index is 0.435. The van der Waals surface area contributed by atoms with Crippen LogP contribution < -0.4 is 10.6 Å².